The lowest BCUT2D eigenvalue weighted by atomic mass is 10.1. The van der Waals surface area contributed by atoms with Gasteiger partial charge in [0, 0.05) is 18.3 Å². The Morgan fingerprint density at radius 2 is 1.95 bits per heavy atom. The zero-order chi connectivity index (χ0) is 16.0. The highest BCUT2D eigenvalue weighted by atomic mass is 32.2. The monoisotopic (exact) mass is 322 g/mol. The topological polar surface area (TPSA) is 50.4 Å². The number of hydrogen-bond acceptors (Lipinski definition) is 4. The summed E-state index contributed by atoms with van der Waals surface area (Å²) in [5.41, 5.74) is 1.73. The Morgan fingerprint density at radius 3 is 2.64 bits per heavy atom. The molecule has 0 saturated carbocycles. The van der Waals surface area contributed by atoms with Gasteiger partial charge in [-0.1, -0.05) is 18.2 Å². The number of alkyl carbamates (subject to hydrolysis) is 1. The molecule has 1 aromatic rings. The summed E-state index contributed by atoms with van der Waals surface area (Å²) in [5.74, 6) is 2.44. The fourth-order valence-corrected chi connectivity index (χ4v) is 3.47. The molecular formula is C17H26N2O2S. The molecule has 4 nitrogen and oxygen atoms in total. The minimum Gasteiger partial charge on any atom is -0.444 e. The number of rotatable bonds is 4. The van der Waals surface area contributed by atoms with Crippen LogP contribution in [0.5, 0.6) is 0 Å². The van der Waals surface area contributed by atoms with Crippen LogP contribution in [0, 0.1) is 0 Å². The quantitative estimate of drug-likeness (QED) is 0.879. The lowest BCUT2D eigenvalue weighted by Crippen LogP contribution is -2.32. The number of para-hydroxylation sites is 1. The number of nitrogens with one attached hydrogen (secondary N) is 2. The minimum absolute atomic E-state index is 0.378. The molecule has 1 amide bonds. The Hall–Kier alpha value is -1.36. The van der Waals surface area contributed by atoms with E-state index in [9.17, 15) is 4.79 Å². The van der Waals surface area contributed by atoms with Crippen molar-refractivity contribution in [1.29, 1.82) is 0 Å². The Balaban J connectivity index is 1.91. The zero-order valence-electron chi connectivity index (χ0n) is 13.6. The van der Waals surface area contributed by atoms with E-state index >= 15 is 0 Å². The number of benzene rings is 1. The molecule has 22 heavy (non-hydrogen) atoms. The second kappa shape index (κ2) is 7.77. The number of amides is 1. The molecule has 1 fully saturated rings. The molecule has 0 spiro atoms. The highest BCUT2D eigenvalue weighted by molar-refractivity contribution is 7.99. The molecule has 1 aliphatic rings. The van der Waals surface area contributed by atoms with Crippen molar-refractivity contribution in [2.24, 2.45) is 0 Å². The van der Waals surface area contributed by atoms with Gasteiger partial charge < -0.3 is 15.4 Å². The first-order chi connectivity index (χ1) is 10.4. The predicted molar refractivity (Wildman–Crippen MR) is 93.5 cm³/mol. The van der Waals surface area contributed by atoms with Gasteiger partial charge in [-0.2, -0.15) is 11.8 Å². The first-order valence-electron chi connectivity index (χ1n) is 7.83. The van der Waals surface area contributed by atoms with E-state index in [1.54, 1.807) is 0 Å². The summed E-state index contributed by atoms with van der Waals surface area (Å²) < 4.78 is 5.28. The summed E-state index contributed by atoms with van der Waals surface area (Å²) in [7, 11) is 0. The van der Waals surface area contributed by atoms with Crippen molar-refractivity contribution in [3.05, 3.63) is 29.8 Å². The average molecular weight is 322 g/mol. The van der Waals surface area contributed by atoms with Crippen LogP contribution < -0.4 is 10.6 Å². The first kappa shape index (κ1) is 17.0. The van der Waals surface area contributed by atoms with Crippen LogP contribution >= 0.6 is 11.8 Å². The summed E-state index contributed by atoms with van der Waals surface area (Å²) in [5, 5.41) is 6.44. The Labute approximate surface area is 137 Å². The summed E-state index contributed by atoms with van der Waals surface area (Å²) in [6.07, 6.45) is 2.01. The fraction of sp³-hybridized carbons (Fsp3) is 0.588. The fourth-order valence-electron chi connectivity index (χ4n) is 2.36. The number of carbonyl (C=O) groups is 1. The maximum Gasteiger partial charge on any atom is 0.407 e. The van der Waals surface area contributed by atoms with E-state index in [4.69, 9.17) is 4.74 Å². The summed E-state index contributed by atoms with van der Waals surface area (Å²) in [6, 6.07) is 8.67. The smallest absolute Gasteiger partial charge is 0.407 e. The molecule has 0 aliphatic carbocycles. The molecule has 122 valence electrons. The highest BCUT2D eigenvalue weighted by Gasteiger charge is 2.17. The van der Waals surface area contributed by atoms with Gasteiger partial charge in [-0.15, -0.1) is 0 Å². The van der Waals surface area contributed by atoms with E-state index < -0.39 is 5.60 Å². The van der Waals surface area contributed by atoms with Gasteiger partial charge in [-0.3, -0.25) is 0 Å². The number of anilines is 1. The molecular weight excluding hydrogens is 296 g/mol. The number of carbonyl (C=O) groups excluding carboxylic acids is 1. The molecule has 5 heteroatoms. The molecule has 1 saturated heterocycles. The van der Waals surface area contributed by atoms with Crippen molar-refractivity contribution in [1.82, 2.24) is 5.32 Å². The van der Waals surface area contributed by atoms with E-state index in [0.717, 1.165) is 11.3 Å². The maximum atomic E-state index is 11.8. The third kappa shape index (κ3) is 5.79. The third-order valence-corrected chi connectivity index (χ3v) is 4.47. The highest BCUT2D eigenvalue weighted by Crippen LogP contribution is 2.23. The molecule has 1 aliphatic heterocycles. The van der Waals surface area contributed by atoms with E-state index in [2.05, 4.69) is 16.7 Å². The predicted octanol–water partition coefficient (Wildman–Crippen LogP) is 4.02. The molecule has 0 aromatic heterocycles. The van der Waals surface area contributed by atoms with Crippen LogP contribution in [-0.2, 0) is 11.3 Å². The zero-order valence-corrected chi connectivity index (χ0v) is 14.5. The van der Waals surface area contributed by atoms with Gasteiger partial charge in [-0.25, -0.2) is 4.79 Å². The van der Waals surface area contributed by atoms with Gasteiger partial charge in [0.15, 0.2) is 0 Å². The second-order valence-corrected chi connectivity index (χ2v) is 7.77. The molecule has 2 N–H and O–H groups in total. The van der Waals surface area contributed by atoms with Crippen molar-refractivity contribution in [3.8, 4) is 0 Å². The SMILES string of the molecule is CC(C)(C)OC(=O)NCc1ccccc1NC1CCSCC1. The summed E-state index contributed by atoms with van der Waals surface area (Å²) >= 11 is 2.02. The van der Waals surface area contributed by atoms with Gasteiger partial charge >= 0.3 is 6.09 Å². The van der Waals surface area contributed by atoms with Gasteiger partial charge in [-0.05, 0) is 56.7 Å². The van der Waals surface area contributed by atoms with E-state index in [0.29, 0.717) is 12.6 Å². The van der Waals surface area contributed by atoms with Gasteiger partial charge in [0.05, 0.1) is 0 Å². The Bertz CT molecular complexity index is 494. The van der Waals surface area contributed by atoms with Crippen LogP contribution in [0.15, 0.2) is 24.3 Å². The number of thioether (sulfide) groups is 1. The molecule has 0 unspecified atom stereocenters. The molecule has 0 bridgehead atoms. The minimum atomic E-state index is -0.471. The van der Waals surface area contributed by atoms with Gasteiger partial charge in [0.25, 0.3) is 0 Å². The van der Waals surface area contributed by atoms with Crippen LogP contribution in [0.4, 0.5) is 10.5 Å². The summed E-state index contributed by atoms with van der Waals surface area (Å²) in [4.78, 5) is 11.8. The normalized spacial score (nSPS) is 16.1. The van der Waals surface area contributed by atoms with E-state index in [-0.39, 0.29) is 6.09 Å². The average Bonchev–Trinajstić information content (AvgIpc) is 2.46. The van der Waals surface area contributed by atoms with Crippen molar-refractivity contribution in [3.63, 3.8) is 0 Å². The van der Waals surface area contributed by atoms with Crippen molar-refractivity contribution < 1.29 is 9.53 Å². The van der Waals surface area contributed by atoms with Gasteiger partial charge in [0.2, 0.25) is 0 Å². The summed E-state index contributed by atoms with van der Waals surface area (Å²) in [6.45, 7) is 6.06. The van der Waals surface area contributed by atoms with E-state index in [1.165, 1.54) is 24.3 Å². The van der Waals surface area contributed by atoms with Crippen LogP contribution in [0.2, 0.25) is 0 Å². The van der Waals surface area contributed by atoms with Gasteiger partial charge in [0.1, 0.15) is 5.60 Å². The maximum absolute atomic E-state index is 11.8. The Morgan fingerprint density at radius 1 is 1.27 bits per heavy atom. The second-order valence-electron chi connectivity index (χ2n) is 6.54. The third-order valence-electron chi connectivity index (χ3n) is 3.42. The van der Waals surface area contributed by atoms with Crippen molar-refractivity contribution in [2.45, 2.75) is 51.8 Å². The van der Waals surface area contributed by atoms with Crippen LogP contribution in [0.25, 0.3) is 0 Å². The lowest BCUT2D eigenvalue weighted by molar-refractivity contribution is 0.0523. The molecule has 0 radical (unpaired) electrons. The van der Waals surface area contributed by atoms with Crippen LogP contribution in [0.3, 0.4) is 0 Å². The first-order valence-corrected chi connectivity index (χ1v) is 8.98. The van der Waals surface area contributed by atoms with Crippen molar-refractivity contribution >= 4 is 23.5 Å². The van der Waals surface area contributed by atoms with Crippen LogP contribution in [-0.4, -0.2) is 29.2 Å². The molecule has 0 atom stereocenters. The number of ether oxygens (including phenoxy) is 1. The number of hydrogen-bond donors (Lipinski definition) is 2. The van der Waals surface area contributed by atoms with Crippen LogP contribution in [0.1, 0.15) is 39.2 Å². The largest absolute Gasteiger partial charge is 0.444 e. The van der Waals surface area contributed by atoms with E-state index in [1.807, 2.05) is 50.7 Å². The lowest BCUT2D eigenvalue weighted by Gasteiger charge is -2.25. The van der Waals surface area contributed by atoms with Crippen molar-refractivity contribution in [2.75, 3.05) is 16.8 Å². The Kier molecular flexibility index (Phi) is 6.00. The molecule has 1 aromatic carbocycles. The molecule has 1 heterocycles. The standard InChI is InChI=1S/C17H26N2O2S/c1-17(2,3)21-16(20)18-12-13-6-4-5-7-15(13)19-14-8-10-22-11-9-14/h4-7,14,19H,8-12H2,1-3H3,(H,18,20). The molecule has 2 rings (SSSR count).